The van der Waals surface area contributed by atoms with Gasteiger partial charge in [-0.1, -0.05) is 12.1 Å². The molecule has 124 valence electrons. The topological polar surface area (TPSA) is 65.4 Å². The van der Waals surface area contributed by atoms with E-state index < -0.39 is 0 Å². The minimum atomic E-state index is -0.0315. The Morgan fingerprint density at radius 2 is 2.17 bits per heavy atom. The molecular weight excluding hydrogens is 290 g/mol. The number of urea groups is 1. The summed E-state index contributed by atoms with van der Waals surface area (Å²) < 4.78 is 5.68. The molecule has 1 aliphatic rings. The zero-order chi connectivity index (χ0) is 16.7. The highest BCUT2D eigenvalue weighted by atomic mass is 16.5. The number of hydrogen-bond donors (Lipinski definition) is 1. The summed E-state index contributed by atoms with van der Waals surface area (Å²) in [6.07, 6.45) is 2.48. The number of carbonyl (C=O) groups excluding carboxylic acids is 1. The number of ether oxygens (including phenoxy) is 1. The van der Waals surface area contributed by atoms with E-state index in [4.69, 9.17) is 10.00 Å². The molecule has 1 aromatic carbocycles. The number of nitriles is 1. The number of amides is 2. The quantitative estimate of drug-likeness (QED) is 0.908. The standard InChI is InChI=1S/C18H25N3O2/c1-14(2)23-17-5-3-4-15(12-17)6-9-20-18(22)21-10-7-16(13-19)8-11-21/h3-5,12,14,16H,6-11H2,1-2H3,(H,20,22). The van der Waals surface area contributed by atoms with Gasteiger partial charge in [0.1, 0.15) is 5.75 Å². The van der Waals surface area contributed by atoms with Crippen LogP contribution in [0.5, 0.6) is 5.75 Å². The first kappa shape index (κ1) is 17.1. The lowest BCUT2D eigenvalue weighted by Crippen LogP contribution is -2.44. The number of benzene rings is 1. The molecule has 1 N–H and O–H groups in total. The number of hydrogen-bond acceptors (Lipinski definition) is 3. The van der Waals surface area contributed by atoms with Crippen LogP contribution in [-0.2, 0) is 6.42 Å². The fraction of sp³-hybridized carbons (Fsp3) is 0.556. The molecular formula is C18H25N3O2. The van der Waals surface area contributed by atoms with Crippen LogP contribution in [0, 0.1) is 17.2 Å². The van der Waals surface area contributed by atoms with Gasteiger partial charge in [-0.05, 0) is 50.8 Å². The number of nitrogens with one attached hydrogen (secondary N) is 1. The Bertz CT molecular complexity index is 558. The smallest absolute Gasteiger partial charge is 0.317 e. The van der Waals surface area contributed by atoms with Crippen molar-refractivity contribution in [2.24, 2.45) is 5.92 Å². The molecule has 1 fully saturated rings. The summed E-state index contributed by atoms with van der Waals surface area (Å²) in [4.78, 5) is 13.9. The van der Waals surface area contributed by atoms with Gasteiger partial charge >= 0.3 is 6.03 Å². The van der Waals surface area contributed by atoms with E-state index in [1.54, 1.807) is 4.90 Å². The Labute approximate surface area is 138 Å². The van der Waals surface area contributed by atoms with E-state index >= 15 is 0 Å². The van der Waals surface area contributed by atoms with Crippen molar-refractivity contribution in [3.8, 4) is 11.8 Å². The van der Waals surface area contributed by atoms with Crippen LogP contribution < -0.4 is 10.1 Å². The van der Waals surface area contributed by atoms with Gasteiger partial charge < -0.3 is 15.0 Å². The van der Waals surface area contributed by atoms with Crippen molar-refractivity contribution in [2.45, 2.75) is 39.2 Å². The second-order valence-corrected chi connectivity index (χ2v) is 6.19. The van der Waals surface area contributed by atoms with E-state index in [1.807, 2.05) is 38.1 Å². The summed E-state index contributed by atoms with van der Waals surface area (Å²) in [5, 5.41) is 11.8. The number of nitrogens with zero attached hydrogens (tertiary/aromatic N) is 2. The molecule has 0 atom stereocenters. The van der Waals surface area contributed by atoms with Gasteiger partial charge in [-0.25, -0.2) is 4.79 Å². The van der Waals surface area contributed by atoms with Crippen molar-refractivity contribution in [3.05, 3.63) is 29.8 Å². The first-order chi connectivity index (χ1) is 11.1. The van der Waals surface area contributed by atoms with Crippen LogP contribution in [0.4, 0.5) is 4.79 Å². The molecule has 23 heavy (non-hydrogen) atoms. The fourth-order valence-electron chi connectivity index (χ4n) is 2.68. The summed E-state index contributed by atoms with van der Waals surface area (Å²) in [6, 6.07) is 10.2. The molecule has 0 unspecified atom stereocenters. The third-order valence-electron chi connectivity index (χ3n) is 3.92. The highest BCUT2D eigenvalue weighted by molar-refractivity contribution is 5.74. The number of rotatable bonds is 5. The van der Waals surface area contributed by atoms with Crippen LogP contribution in [0.25, 0.3) is 0 Å². The van der Waals surface area contributed by atoms with Crippen molar-refractivity contribution in [1.29, 1.82) is 5.26 Å². The van der Waals surface area contributed by atoms with Crippen LogP contribution in [0.2, 0.25) is 0 Å². The normalized spacial score (nSPS) is 15.3. The average molecular weight is 315 g/mol. The molecule has 2 rings (SSSR count). The maximum atomic E-state index is 12.1. The Balaban J connectivity index is 1.74. The lowest BCUT2D eigenvalue weighted by Gasteiger charge is -2.29. The third kappa shape index (κ3) is 5.48. The Morgan fingerprint density at radius 1 is 1.43 bits per heavy atom. The van der Waals surface area contributed by atoms with Crippen LogP contribution in [0.3, 0.4) is 0 Å². The van der Waals surface area contributed by atoms with Crippen molar-refractivity contribution < 1.29 is 9.53 Å². The van der Waals surface area contributed by atoms with Gasteiger partial charge in [-0.3, -0.25) is 0 Å². The minimum Gasteiger partial charge on any atom is -0.491 e. The molecule has 0 bridgehead atoms. The number of carbonyl (C=O) groups is 1. The summed E-state index contributed by atoms with van der Waals surface area (Å²) in [7, 11) is 0. The Kier molecular flexibility index (Phi) is 6.28. The average Bonchev–Trinajstić information content (AvgIpc) is 2.54. The maximum Gasteiger partial charge on any atom is 0.317 e. The molecule has 1 aromatic rings. The summed E-state index contributed by atoms with van der Waals surface area (Å²) >= 11 is 0. The first-order valence-electron chi connectivity index (χ1n) is 8.26. The highest BCUT2D eigenvalue weighted by Gasteiger charge is 2.21. The van der Waals surface area contributed by atoms with Crippen LogP contribution in [-0.4, -0.2) is 36.7 Å². The minimum absolute atomic E-state index is 0.0315. The largest absolute Gasteiger partial charge is 0.491 e. The second kappa shape index (κ2) is 8.42. The zero-order valence-electron chi connectivity index (χ0n) is 13.9. The van der Waals surface area contributed by atoms with Gasteiger partial charge in [0.15, 0.2) is 0 Å². The van der Waals surface area contributed by atoms with Crippen LogP contribution >= 0.6 is 0 Å². The second-order valence-electron chi connectivity index (χ2n) is 6.19. The molecule has 0 aromatic heterocycles. The molecule has 1 heterocycles. The van der Waals surface area contributed by atoms with Gasteiger partial charge in [0.2, 0.25) is 0 Å². The molecule has 5 heteroatoms. The molecule has 2 amide bonds. The van der Waals surface area contributed by atoms with E-state index in [0.29, 0.717) is 19.6 Å². The summed E-state index contributed by atoms with van der Waals surface area (Å²) in [5.74, 6) is 0.963. The van der Waals surface area contributed by atoms with E-state index in [9.17, 15) is 4.79 Å². The molecule has 1 aliphatic heterocycles. The molecule has 5 nitrogen and oxygen atoms in total. The molecule has 0 aliphatic carbocycles. The third-order valence-corrected chi connectivity index (χ3v) is 3.92. The molecule has 1 saturated heterocycles. The number of likely N-dealkylation sites (tertiary alicyclic amines) is 1. The van der Waals surface area contributed by atoms with Crippen molar-refractivity contribution in [1.82, 2.24) is 10.2 Å². The Hall–Kier alpha value is -2.22. The van der Waals surface area contributed by atoms with Crippen molar-refractivity contribution in [2.75, 3.05) is 19.6 Å². The fourth-order valence-corrected chi connectivity index (χ4v) is 2.68. The summed E-state index contributed by atoms with van der Waals surface area (Å²) in [5.41, 5.74) is 1.15. The van der Waals surface area contributed by atoms with Gasteiger partial charge in [0.05, 0.1) is 12.2 Å². The van der Waals surface area contributed by atoms with E-state index in [1.165, 1.54) is 0 Å². The number of piperidine rings is 1. The van der Waals surface area contributed by atoms with E-state index in [2.05, 4.69) is 11.4 Å². The molecule has 0 saturated carbocycles. The van der Waals surface area contributed by atoms with Crippen LogP contribution in [0.15, 0.2) is 24.3 Å². The summed E-state index contributed by atoms with van der Waals surface area (Å²) in [6.45, 7) is 5.94. The lowest BCUT2D eigenvalue weighted by molar-refractivity contribution is 0.179. The predicted octanol–water partition coefficient (Wildman–Crippen LogP) is 2.96. The van der Waals surface area contributed by atoms with Crippen LogP contribution in [0.1, 0.15) is 32.3 Å². The van der Waals surface area contributed by atoms with Crippen molar-refractivity contribution >= 4 is 6.03 Å². The van der Waals surface area contributed by atoms with Gasteiger partial charge in [-0.2, -0.15) is 5.26 Å². The van der Waals surface area contributed by atoms with Gasteiger partial charge in [0, 0.05) is 25.6 Å². The SMILES string of the molecule is CC(C)Oc1cccc(CCNC(=O)N2CCC(C#N)CC2)c1. The molecule has 0 radical (unpaired) electrons. The zero-order valence-corrected chi connectivity index (χ0v) is 13.9. The van der Waals surface area contributed by atoms with Gasteiger partial charge in [0.25, 0.3) is 0 Å². The maximum absolute atomic E-state index is 12.1. The molecule has 0 spiro atoms. The van der Waals surface area contributed by atoms with E-state index in [-0.39, 0.29) is 18.1 Å². The Morgan fingerprint density at radius 3 is 2.83 bits per heavy atom. The monoisotopic (exact) mass is 315 g/mol. The lowest BCUT2D eigenvalue weighted by atomic mass is 9.99. The predicted molar refractivity (Wildman–Crippen MR) is 89.2 cm³/mol. The first-order valence-corrected chi connectivity index (χ1v) is 8.26. The van der Waals surface area contributed by atoms with E-state index in [0.717, 1.165) is 30.6 Å². The van der Waals surface area contributed by atoms with Crippen molar-refractivity contribution in [3.63, 3.8) is 0 Å². The highest BCUT2D eigenvalue weighted by Crippen LogP contribution is 2.16. The van der Waals surface area contributed by atoms with Gasteiger partial charge in [-0.15, -0.1) is 0 Å².